The van der Waals surface area contributed by atoms with Crippen LogP contribution in [0.2, 0.25) is 0 Å². The van der Waals surface area contributed by atoms with Gasteiger partial charge in [0.15, 0.2) is 5.78 Å². The third kappa shape index (κ3) is 2.81. The molecule has 1 amide bonds. The standard InChI is InChI=1S/C23H23NO4/c1-24-23(26)17-8-14(21(25)9-15-19-10-27-11-20(15)19)7-16-18(12-28-22(16)17)13-5-3-2-4-6-13/h2-8,15,18-20H,9-12H2,1H3,(H,24,26)/t15?,18-,19-,20+/m0/s1/i12D,18D/t12?,15?,18-,19-,20+. The van der Waals surface area contributed by atoms with Crippen LogP contribution in [0, 0.1) is 17.8 Å². The van der Waals surface area contributed by atoms with Gasteiger partial charge in [0.05, 0.1) is 26.7 Å². The molecule has 0 radical (unpaired) electrons. The first-order chi connectivity index (χ1) is 14.4. The number of ketones is 1. The molecule has 1 saturated heterocycles. The Kier molecular flexibility index (Phi) is 3.68. The molecule has 5 atom stereocenters. The van der Waals surface area contributed by atoms with Crippen LogP contribution in [0.4, 0.5) is 0 Å². The lowest BCUT2D eigenvalue weighted by Crippen LogP contribution is -2.19. The van der Waals surface area contributed by atoms with Crippen LogP contribution in [-0.4, -0.2) is 38.5 Å². The van der Waals surface area contributed by atoms with E-state index in [1.54, 1.807) is 30.3 Å². The summed E-state index contributed by atoms with van der Waals surface area (Å²) in [5.74, 6) is -0.517. The van der Waals surface area contributed by atoms with E-state index in [9.17, 15) is 9.59 Å². The topological polar surface area (TPSA) is 64.6 Å². The highest BCUT2D eigenvalue weighted by Crippen LogP contribution is 2.53. The molecule has 2 heterocycles. The molecular formula is C23H23NO4. The Bertz CT molecular complexity index is 1020. The number of amides is 1. The van der Waals surface area contributed by atoms with Gasteiger partial charge in [0.25, 0.3) is 5.91 Å². The van der Waals surface area contributed by atoms with E-state index in [0.29, 0.717) is 54.1 Å². The fourth-order valence-electron chi connectivity index (χ4n) is 4.44. The molecule has 1 aliphatic carbocycles. The van der Waals surface area contributed by atoms with Crippen LogP contribution in [0.25, 0.3) is 0 Å². The molecule has 5 rings (SSSR count). The van der Waals surface area contributed by atoms with Crippen LogP contribution >= 0.6 is 0 Å². The predicted molar refractivity (Wildman–Crippen MR) is 104 cm³/mol. The molecule has 1 N–H and O–H groups in total. The molecule has 5 nitrogen and oxygen atoms in total. The summed E-state index contributed by atoms with van der Waals surface area (Å²) in [6.07, 6.45) is 0.409. The van der Waals surface area contributed by atoms with Gasteiger partial charge >= 0.3 is 0 Å². The average Bonchev–Trinajstić information content (AvgIpc) is 3.09. The maximum absolute atomic E-state index is 13.1. The lowest BCUT2D eigenvalue weighted by Gasteiger charge is -2.13. The average molecular weight is 379 g/mol. The van der Waals surface area contributed by atoms with Crippen molar-refractivity contribution < 1.29 is 21.8 Å². The number of carbonyl (C=O) groups excluding carboxylic acids is 2. The van der Waals surface area contributed by atoms with Gasteiger partial charge in [-0.05, 0) is 35.4 Å². The summed E-state index contributed by atoms with van der Waals surface area (Å²) in [7, 11) is 1.51. The van der Waals surface area contributed by atoms with Gasteiger partial charge in [-0.3, -0.25) is 9.59 Å². The second-order valence-electron chi connectivity index (χ2n) is 7.65. The number of ether oxygens (including phenoxy) is 2. The van der Waals surface area contributed by atoms with Crippen molar-refractivity contribution in [1.29, 1.82) is 0 Å². The number of nitrogens with one attached hydrogen (secondary N) is 1. The summed E-state index contributed by atoms with van der Waals surface area (Å²) in [5.41, 5.74) is 1.56. The van der Waals surface area contributed by atoms with Crippen molar-refractivity contribution >= 4 is 11.7 Å². The number of carbonyl (C=O) groups is 2. The molecule has 28 heavy (non-hydrogen) atoms. The second-order valence-corrected chi connectivity index (χ2v) is 7.65. The minimum atomic E-state index is -1.53. The molecule has 144 valence electrons. The van der Waals surface area contributed by atoms with Crippen LogP contribution in [0.5, 0.6) is 5.75 Å². The van der Waals surface area contributed by atoms with Crippen molar-refractivity contribution in [2.75, 3.05) is 26.8 Å². The van der Waals surface area contributed by atoms with E-state index < -0.39 is 18.4 Å². The van der Waals surface area contributed by atoms with Crippen LogP contribution < -0.4 is 10.1 Å². The van der Waals surface area contributed by atoms with Crippen molar-refractivity contribution in [2.45, 2.75) is 12.3 Å². The summed E-state index contributed by atoms with van der Waals surface area (Å²) < 4.78 is 28.7. The van der Waals surface area contributed by atoms with E-state index >= 15 is 0 Å². The van der Waals surface area contributed by atoms with E-state index in [0.717, 1.165) is 0 Å². The van der Waals surface area contributed by atoms with E-state index in [1.807, 2.05) is 6.07 Å². The van der Waals surface area contributed by atoms with Crippen molar-refractivity contribution in [3.8, 4) is 5.75 Å². The van der Waals surface area contributed by atoms with Gasteiger partial charge in [-0.2, -0.15) is 0 Å². The van der Waals surface area contributed by atoms with Crippen molar-refractivity contribution in [2.24, 2.45) is 17.8 Å². The molecule has 5 heteroatoms. The first-order valence-electron chi connectivity index (χ1n) is 10.7. The maximum atomic E-state index is 13.1. The Morgan fingerprint density at radius 1 is 1.21 bits per heavy atom. The molecule has 2 aromatic rings. The lowest BCUT2D eigenvalue weighted by atomic mass is 9.89. The minimum Gasteiger partial charge on any atom is -0.491 e. The predicted octanol–water partition coefficient (Wildman–Crippen LogP) is 3.04. The van der Waals surface area contributed by atoms with Crippen LogP contribution in [-0.2, 0) is 4.74 Å². The van der Waals surface area contributed by atoms with E-state index in [1.165, 1.54) is 13.1 Å². The quantitative estimate of drug-likeness (QED) is 0.811. The number of rotatable bonds is 5. The minimum absolute atomic E-state index is 0.0498. The third-order valence-electron chi connectivity index (χ3n) is 6.10. The van der Waals surface area contributed by atoms with Crippen molar-refractivity contribution in [3.63, 3.8) is 0 Å². The van der Waals surface area contributed by atoms with Gasteiger partial charge in [0, 0.05) is 31.9 Å². The molecule has 0 aromatic heterocycles. The third-order valence-corrected chi connectivity index (χ3v) is 6.10. The van der Waals surface area contributed by atoms with Crippen molar-refractivity contribution in [3.05, 3.63) is 64.7 Å². The molecule has 2 fully saturated rings. The molecule has 0 spiro atoms. The Balaban J connectivity index is 1.57. The van der Waals surface area contributed by atoms with Gasteiger partial charge in [-0.25, -0.2) is 0 Å². The van der Waals surface area contributed by atoms with Gasteiger partial charge in [-0.15, -0.1) is 0 Å². The maximum Gasteiger partial charge on any atom is 0.254 e. The number of hydrogen-bond donors (Lipinski definition) is 1. The van der Waals surface area contributed by atoms with E-state index in [-0.39, 0.29) is 17.1 Å². The molecule has 1 saturated carbocycles. The lowest BCUT2D eigenvalue weighted by molar-refractivity contribution is 0.0950. The fourth-order valence-corrected chi connectivity index (χ4v) is 4.44. The zero-order valence-electron chi connectivity index (χ0n) is 17.6. The summed E-state index contributed by atoms with van der Waals surface area (Å²) in [6.45, 7) is 0.187. The number of Topliss-reactive ketones (excluding diaryl/α,β-unsaturated/α-hetero) is 1. The van der Waals surface area contributed by atoms with Crippen LogP contribution in [0.3, 0.4) is 0 Å². The second kappa shape index (κ2) is 6.74. The Labute approximate surface area is 166 Å². The largest absolute Gasteiger partial charge is 0.491 e. The molecule has 3 aliphatic rings. The number of fused-ring (bicyclic) bond motifs is 2. The van der Waals surface area contributed by atoms with Gasteiger partial charge in [0.2, 0.25) is 0 Å². The molecule has 0 bridgehead atoms. The van der Waals surface area contributed by atoms with Crippen molar-refractivity contribution in [1.82, 2.24) is 5.32 Å². The zero-order valence-corrected chi connectivity index (χ0v) is 15.6. The molecular weight excluding hydrogens is 354 g/mol. The fraction of sp³-hybridized carbons (Fsp3) is 0.391. The molecule has 2 unspecified atom stereocenters. The van der Waals surface area contributed by atoms with Crippen LogP contribution in [0.1, 0.15) is 46.9 Å². The van der Waals surface area contributed by atoms with Gasteiger partial charge < -0.3 is 14.8 Å². The SMILES string of the molecule is [2H]C1Oc2c(C(=O)NC)cc(C(=O)CC3[C@H]4COC[C@@H]34)cc2[C@]1([2H])c1ccccc1. The highest BCUT2D eigenvalue weighted by Gasteiger charge is 2.54. The Hall–Kier alpha value is -2.66. The van der Waals surface area contributed by atoms with E-state index in [2.05, 4.69) is 5.32 Å². The summed E-state index contributed by atoms with van der Waals surface area (Å²) in [5, 5.41) is 2.58. The normalized spacial score (nSPS) is 33.2. The number of hydrogen-bond acceptors (Lipinski definition) is 4. The monoisotopic (exact) mass is 379 g/mol. The first-order valence-corrected chi connectivity index (χ1v) is 9.61. The molecule has 2 aliphatic heterocycles. The van der Waals surface area contributed by atoms with E-state index in [4.69, 9.17) is 12.2 Å². The summed E-state index contributed by atoms with van der Waals surface area (Å²) >= 11 is 0. The number of benzene rings is 2. The highest BCUT2D eigenvalue weighted by atomic mass is 16.5. The molecule has 2 aromatic carbocycles. The van der Waals surface area contributed by atoms with Gasteiger partial charge in [-0.1, -0.05) is 30.3 Å². The first kappa shape index (κ1) is 15.3. The summed E-state index contributed by atoms with van der Waals surface area (Å²) in [4.78, 5) is 25.7. The van der Waals surface area contributed by atoms with Crippen LogP contribution in [0.15, 0.2) is 42.5 Å². The van der Waals surface area contributed by atoms with Gasteiger partial charge in [0.1, 0.15) is 5.75 Å². The highest BCUT2D eigenvalue weighted by molar-refractivity contribution is 6.03. The summed E-state index contributed by atoms with van der Waals surface area (Å²) in [6, 6.07) is 12.2. The Morgan fingerprint density at radius 3 is 2.68 bits per heavy atom. The smallest absolute Gasteiger partial charge is 0.254 e. The zero-order chi connectivity index (χ0) is 21.0. The Morgan fingerprint density at radius 2 is 1.96 bits per heavy atom.